The molecule has 10 rings (SSSR count). The summed E-state index contributed by atoms with van der Waals surface area (Å²) in [4.78, 5) is 2.32. The smallest absolute Gasteiger partial charge is 0.177 e. The van der Waals surface area contributed by atoms with Crippen molar-refractivity contribution in [1.82, 2.24) is 0 Å². The van der Waals surface area contributed by atoms with Gasteiger partial charge in [-0.3, -0.25) is 0 Å². The molecule has 3 nitrogen and oxygen atoms in total. The first kappa shape index (κ1) is 32.3. The van der Waals surface area contributed by atoms with E-state index in [1.165, 1.54) is 22.3 Å². The molecule has 0 N–H and O–H groups in total. The van der Waals surface area contributed by atoms with E-state index in [-0.39, 0.29) is 0 Å². The summed E-state index contributed by atoms with van der Waals surface area (Å²) in [5, 5.41) is 2.06. The molecule has 0 bridgehead atoms. The van der Waals surface area contributed by atoms with Gasteiger partial charge in [0, 0.05) is 22.6 Å². The minimum Gasteiger partial charge on any atom is -0.453 e. The number of benzene rings is 9. The average Bonchev–Trinajstić information content (AvgIpc) is 3.43. The zero-order valence-corrected chi connectivity index (χ0v) is 30.0. The highest BCUT2D eigenvalue weighted by Gasteiger charge is 2.22. The second kappa shape index (κ2) is 13.9. The van der Waals surface area contributed by atoms with Crippen LogP contribution in [0.3, 0.4) is 0 Å². The normalized spacial score (nSPS) is 11.6. The van der Waals surface area contributed by atoms with Crippen molar-refractivity contribution >= 4 is 27.8 Å². The fourth-order valence-corrected chi connectivity index (χ4v) is 7.60. The predicted octanol–water partition coefficient (Wildman–Crippen LogP) is 14.9. The van der Waals surface area contributed by atoms with Crippen LogP contribution in [0.5, 0.6) is 23.0 Å². The van der Waals surface area contributed by atoms with E-state index in [1.807, 2.05) is 36.4 Å². The molecule has 0 aliphatic carbocycles. The standard InChI is InChI=1S/C52H35NO2/c1-3-12-36(13-4-1)37-26-28-38(29-27-37)39-30-32-45(33-31-39)53(44-19-5-2-6-20-44)46-21-8-17-42(35-46)41-16-7-18-43(34-41)47-22-11-25-50-52(47)55-49-24-10-15-40-14-9-23-48(54-50)51(40)49/h1-35H. The first-order valence-corrected chi connectivity index (χ1v) is 18.6. The lowest BCUT2D eigenvalue weighted by Gasteiger charge is -2.26. The first-order valence-electron chi connectivity index (χ1n) is 18.6. The summed E-state index contributed by atoms with van der Waals surface area (Å²) in [7, 11) is 0. The van der Waals surface area contributed by atoms with Crippen LogP contribution in [-0.2, 0) is 0 Å². The van der Waals surface area contributed by atoms with E-state index in [4.69, 9.17) is 9.47 Å². The molecular weight excluding hydrogens is 671 g/mol. The zero-order chi connectivity index (χ0) is 36.6. The van der Waals surface area contributed by atoms with Crippen LogP contribution in [0.1, 0.15) is 0 Å². The maximum Gasteiger partial charge on any atom is 0.177 e. The van der Waals surface area contributed by atoms with E-state index in [9.17, 15) is 0 Å². The lowest BCUT2D eigenvalue weighted by molar-refractivity contribution is 0.440. The third-order valence-corrected chi connectivity index (χ3v) is 10.3. The molecule has 0 amide bonds. The van der Waals surface area contributed by atoms with Crippen LogP contribution in [-0.4, -0.2) is 0 Å². The van der Waals surface area contributed by atoms with Crippen LogP contribution in [0.15, 0.2) is 212 Å². The molecule has 3 heteroatoms. The van der Waals surface area contributed by atoms with Crippen LogP contribution >= 0.6 is 0 Å². The topological polar surface area (TPSA) is 21.7 Å². The number of nitrogens with zero attached hydrogens (tertiary/aromatic N) is 1. The maximum atomic E-state index is 6.68. The fourth-order valence-electron chi connectivity index (χ4n) is 7.60. The molecule has 0 fully saturated rings. The van der Waals surface area contributed by atoms with Crippen molar-refractivity contribution in [3.8, 4) is 67.5 Å². The Morgan fingerprint density at radius 2 is 0.764 bits per heavy atom. The molecular formula is C52H35NO2. The summed E-state index contributed by atoms with van der Waals surface area (Å²) in [5.74, 6) is 2.99. The molecule has 1 aliphatic heterocycles. The number of fused-ring (bicyclic) bond motifs is 1. The minimum absolute atomic E-state index is 0.697. The molecule has 0 unspecified atom stereocenters. The van der Waals surface area contributed by atoms with Crippen molar-refractivity contribution in [3.05, 3.63) is 212 Å². The SMILES string of the molecule is c1ccc(-c2ccc(-c3ccc(N(c4ccccc4)c4cccc(-c5cccc(-c6cccc7c6Oc6cccc8cccc(c68)O7)c5)c4)cc3)cc2)cc1. The maximum absolute atomic E-state index is 6.68. The van der Waals surface area contributed by atoms with E-state index in [0.29, 0.717) is 11.5 Å². The van der Waals surface area contributed by atoms with Crippen molar-refractivity contribution in [1.29, 1.82) is 0 Å². The van der Waals surface area contributed by atoms with Gasteiger partial charge in [0.05, 0.1) is 5.39 Å². The van der Waals surface area contributed by atoms with Gasteiger partial charge in [-0.05, 0) is 105 Å². The van der Waals surface area contributed by atoms with Gasteiger partial charge in [-0.1, -0.05) is 152 Å². The Hall–Kier alpha value is -7.36. The summed E-state index contributed by atoms with van der Waals surface area (Å²) in [6.45, 7) is 0. The fraction of sp³-hybridized carbons (Fsp3) is 0. The van der Waals surface area contributed by atoms with Gasteiger partial charge in [0.25, 0.3) is 0 Å². The van der Waals surface area contributed by atoms with Gasteiger partial charge in [-0.25, -0.2) is 0 Å². The number of hydrogen-bond acceptors (Lipinski definition) is 3. The third-order valence-electron chi connectivity index (χ3n) is 10.3. The molecule has 1 aliphatic rings. The first-order chi connectivity index (χ1) is 27.2. The van der Waals surface area contributed by atoms with Gasteiger partial charge < -0.3 is 14.4 Å². The predicted molar refractivity (Wildman–Crippen MR) is 227 cm³/mol. The van der Waals surface area contributed by atoms with E-state index >= 15 is 0 Å². The van der Waals surface area contributed by atoms with Gasteiger partial charge in [-0.2, -0.15) is 0 Å². The highest BCUT2D eigenvalue weighted by molar-refractivity contribution is 5.95. The summed E-state index contributed by atoms with van der Waals surface area (Å²) in [6.07, 6.45) is 0. The van der Waals surface area contributed by atoms with Crippen LogP contribution in [0.4, 0.5) is 17.1 Å². The number of para-hydroxylation sites is 2. The number of ether oxygens (including phenoxy) is 2. The Morgan fingerprint density at radius 1 is 0.291 bits per heavy atom. The molecule has 9 aromatic carbocycles. The van der Waals surface area contributed by atoms with Gasteiger partial charge in [0.2, 0.25) is 0 Å². The van der Waals surface area contributed by atoms with Crippen molar-refractivity contribution in [2.75, 3.05) is 4.90 Å². The summed E-state index contributed by atoms with van der Waals surface area (Å²) < 4.78 is 13.2. The quantitative estimate of drug-likeness (QED) is 0.165. The monoisotopic (exact) mass is 705 g/mol. The minimum atomic E-state index is 0.697. The summed E-state index contributed by atoms with van der Waals surface area (Å²) in [6, 6.07) is 74.5. The zero-order valence-electron chi connectivity index (χ0n) is 30.0. The van der Waals surface area contributed by atoms with E-state index in [0.717, 1.165) is 61.6 Å². The Kier molecular flexibility index (Phi) is 8.16. The van der Waals surface area contributed by atoms with Crippen LogP contribution in [0.25, 0.3) is 55.3 Å². The Bertz CT molecular complexity index is 2790. The number of rotatable bonds is 7. The third kappa shape index (κ3) is 6.18. The molecule has 0 spiro atoms. The van der Waals surface area contributed by atoms with Crippen molar-refractivity contribution < 1.29 is 9.47 Å². The van der Waals surface area contributed by atoms with E-state index in [1.54, 1.807) is 0 Å². The van der Waals surface area contributed by atoms with Gasteiger partial charge in [0.15, 0.2) is 11.5 Å². The highest BCUT2D eigenvalue weighted by Crippen LogP contribution is 2.49. The molecule has 0 saturated heterocycles. The van der Waals surface area contributed by atoms with Gasteiger partial charge >= 0.3 is 0 Å². The highest BCUT2D eigenvalue weighted by atomic mass is 16.5. The molecule has 0 saturated carbocycles. The Labute approximate surface area is 320 Å². The average molecular weight is 706 g/mol. The molecule has 1 heterocycles. The van der Waals surface area contributed by atoms with Crippen LogP contribution < -0.4 is 14.4 Å². The second-order valence-corrected chi connectivity index (χ2v) is 13.7. The lowest BCUT2D eigenvalue weighted by atomic mass is 9.97. The van der Waals surface area contributed by atoms with Gasteiger partial charge in [0.1, 0.15) is 11.5 Å². The lowest BCUT2D eigenvalue weighted by Crippen LogP contribution is -2.09. The second-order valence-electron chi connectivity index (χ2n) is 13.7. The molecule has 0 aromatic heterocycles. The van der Waals surface area contributed by atoms with Crippen molar-refractivity contribution in [2.24, 2.45) is 0 Å². The Balaban J connectivity index is 0.983. The van der Waals surface area contributed by atoms with Crippen molar-refractivity contribution in [2.45, 2.75) is 0 Å². The van der Waals surface area contributed by atoms with Gasteiger partial charge in [-0.15, -0.1) is 0 Å². The molecule has 260 valence electrons. The molecule has 55 heavy (non-hydrogen) atoms. The molecule has 0 radical (unpaired) electrons. The van der Waals surface area contributed by atoms with Crippen molar-refractivity contribution in [3.63, 3.8) is 0 Å². The molecule has 9 aromatic rings. The van der Waals surface area contributed by atoms with Crippen LogP contribution in [0.2, 0.25) is 0 Å². The number of hydrogen-bond donors (Lipinski definition) is 0. The Morgan fingerprint density at radius 3 is 1.47 bits per heavy atom. The van der Waals surface area contributed by atoms with Crippen LogP contribution in [0, 0.1) is 0 Å². The van der Waals surface area contributed by atoms with E-state index in [2.05, 4.69) is 181 Å². The molecule has 0 atom stereocenters. The summed E-state index contributed by atoms with van der Waals surface area (Å²) >= 11 is 0. The summed E-state index contributed by atoms with van der Waals surface area (Å²) in [5.41, 5.74) is 12.3. The largest absolute Gasteiger partial charge is 0.453 e. The van der Waals surface area contributed by atoms with E-state index < -0.39 is 0 Å². The number of anilines is 3.